The minimum atomic E-state index is -4.41. The van der Waals surface area contributed by atoms with Crippen LogP contribution >= 0.6 is 0 Å². The molecule has 1 amide bonds. The summed E-state index contributed by atoms with van der Waals surface area (Å²) < 4.78 is 44.9. The Kier molecular flexibility index (Phi) is 6.70. The first-order chi connectivity index (χ1) is 11.8. The lowest BCUT2D eigenvalue weighted by Gasteiger charge is -2.39. The van der Waals surface area contributed by atoms with Crippen LogP contribution in [0, 0.1) is 0 Å². The monoisotopic (exact) mass is 358 g/mol. The Labute approximate surface area is 146 Å². The van der Waals surface area contributed by atoms with Gasteiger partial charge >= 0.3 is 6.18 Å². The fourth-order valence-corrected chi connectivity index (χ4v) is 2.98. The third kappa shape index (κ3) is 5.63. The molecule has 0 spiro atoms. The Morgan fingerprint density at radius 3 is 2.56 bits per heavy atom. The molecule has 1 saturated heterocycles. The highest BCUT2D eigenvalue weighted by atomic mass is 19.4. The molecule has 2 rings (SSSR count). The average molecular weight is 358 g/mol. The molecule has 1 fully saturated rings. The molecule has 140 valence electrons. The van der Waals surface area contributed by atoms with E-state index in [1.165, 1.54) is 0 Å². The molecule has 2 N–H and O–H groups in total. The normalized spacial score (nSPS) is 21.2. The van der Waals surface area contributed by atoms with Crippen LogP contribution in [-0.2, 0) is 11.2 Å². The Hall–Kier alpha value is -1.76. The van der Waals surface area contributed by atoms with Gasteiger partial charge in [0, 0.05) is 19.0 Å². The van der Waals surface area contributed by atoms with Crippen molar-refractivity contribution in [1.29, 1.82) is 0 Å². The molecule has 1 aromatic rings. The van der Waals surface area contributed by atoms with Crippen molar-refractivity contribution >= 4 is 5.91 Å². The van der Waals surface area contributed by atoms with Gasteiger partial charge in [-0.1, -0.05) is 19.1 Å². The zero-order chi connectivity index (χ0) is 18.4. The molecule has 0 aromatic heterocycles. The number of likely N-dealkylation sites (tertiary alicyclic amines) is 1. The molecule has 25 heavy (non-hydrogen) atoms. The molecule has 1 aromatic carbocycles. The number of halogens is 3. The van der Waals surface area contributed by atoms with Crippen molar-refractivity contribution in [2.45, 2.75) is 57.3 Å². The van der Waals surface area contributed by atoms with Crippen molar-refractivity contribution in [3.8, 4) is 5.75 Å². The van der Waals surface area contributed by atoms with Crippen LogP contribution in [-0.4, -0.2) is 42.2 Å². The quantitative estimate of drug-likeness (QED) is 0.849. The molecule has 0 unspecified atom stereocenters. The summed E-state index contributed by atoms with van der Waals surface area (Å²) in [6.07, 6.45) is -2.91. The van der Waals surface area contributed by atoms with Crippen LogP contribution in [0.25, 0.3) is 0 Å². The number of carbonyl (C=O) groups excluding carboxylic acids is 1. The number of hydrogen-bond donors (Lipinski definition) is 1. The summed E-state index contributed by atoms with van der Waals surface area (Å²) in [7, 11) is 0. The van der Waals surface area contributed by atoms with Gasteiger partial charge in [-0.05, 0) is 43.4 Å². The van der Waals surface area contributed by atoms with Gasteiger partial charge in [-0.3, -0.25) is 4.79 Å². The Balaban J connectivity index is 1.93. The Morgan fingerprint density at radius 2 is 1.96 bits per heavy atom. The predicted molar refractivity (Wildman–Crippen MR) is 89.3 cm³/mol. The largest absolute Gasteiger partial charge is 0.494 e. The predicted octanol–water partition coefficient (Wildman–Crippen LogP) is 3.29. The molecule has 1 aliphatic heterocycles. The number of nitrogens with zero attached hydrogens (tertiary/aromatic N) is 1. The van der Waals surface area contributed by atoms with Crippen LogP contribution in [0.3, 0.4) is 0 Å². The van der Waals surface area contributed by atoms with E-state index in [0.29, 0.717) is 13.0 Å². The molecule has 4 nitrogen and oxygen atoms in total. The van der Waals surface area contributed by atoms with E-state index in [1.807, 2.05) is 31.2 Å². The van der Waals surface area contributed by atoms with Gasteiger partial charge < -0.3 is 15.4 Å². The van der Waals surface area contributed by atoms with Crippen LogP contribution < -0.4 is 10.5 Å². The molecule has 0 saturated carbocycles. The maximum atomic E-state index is 13.1. The summed E-state index contributed by atoms with van der Waals surface area (Å²) >= 11 is 0. The highest BCUT2D eigenvalue weighted by Gasteiger charge is 2.47. The van der Waals surface area contributed by atoms with E-state index >= 15 is 0 Å². The summed E-state index contributed by atoms with van der Waals surface area (Å²) in [6.45, 7) is 2.61. The van der Waals surface area contributed by atoms with Crippen molar-refractivity contribution in [3.63, 3.8) is 0 Å². The van der Waals surface area contributed by atoms with E-state index in [4.69, 9.17) is 10.5 Å². The van der Waals surface area contributed by atoms with Gasteiger partial charge in [-0.2, -0.15) is 13.2 Å². The van der Waals surface area contributed by atoms with Gasteiger partial charge in [-0.15, -0.1) is 0 Å². The number of amides is 1. The molecular weight excluding hydrogens is 333 g/mol. The Morgan fingerprint density at radius 1 is 1.28 bits per heavy atom. The average Bonchev–Trinajstić information content (AvgIpc) is 2.57. The van der Waals surface area contributed by atoms with E-state index in [-0.39, 0.29) is 25.8 Å². The topological polar surface area (TPSA) is 55.6 Å². The summed E-state index contributed by atoms with van der Waals surface area (Å²) in [4.78, 5) is 13.2. The number of carbonyl (C=O) groups is 1. The maximum absolute atomic E-state index is 13.1. The van der Waals surface area contributed by atoms with E-state index < -0.39 is 24.2 Å². The van der Waals surface area contributed by atoms with E-state index in [0.717, 1.165) is 22.6 Å². The number of hydrogen-bond acceptors (Lipinski definition) is 3. The SMILES string of the molecule is CCCOc1ccc(CCC(=O)N2C[C@@H](N)CC[C@H]2C(F)(F)F)cc1. The highest BCUT2D eigenvalue weighted by molar-refractivity contribution is 5.77. The molecule has 0 radical (unpaired) electrons. The molecular formula is C18H25F3N2O2. The van der Waals surface area contributed by atoms with E-state index in [9.17, 15) is 18.0 Å². The van der Waals surface area contributed by atoms with Crippen LogP contribution in [0.2, 0.25) is 0 Å². The highest BCUT2D eigenvalue weighted by Crippen LogP contribution is 2.32. The Bertz CT molecular complexity index is 560. The first-order valence-electron chi connectivity index (χ1n) is 8.64. The molecule has 0 bridgehead atoms. The molecule has 1 heterocycles. The summed E-state index contributed by atoms with van der Waals surface area (Å²) in [6, 6.07) is 5.18. The van der Waals surface area contributed by atoms with Gasteiger partial charge in [0.2, 0.25) is 5.91 Å². The lowest BCUT2D eigenvalue weighted by Crippen LogP contribution is -2.56. The number of nitrogens with two attached hydrogens (primary N) is 1. The zero-order valence-corrected chi connectivity index (χ0v) is 14.4. The smallest absolute Gasteiger partial charge is 0.408 e. The van der Waals surface area contributed by atoms with Crippen molar-refractivity contribution in [1.82, 2.24) is 4.90 Å². The maximum Gasteiger partial charge on any atom is 0.408 e. The fourth-order valence-electron chi connectivity index (χ4n) is 2.98. The summed E-state index contributed by atoms with van der Waals surface area (Å²) in [5, 5.41) is 0. The second kappa shape index (κ2) is 8.56. The van der Waals surface area contributed by atoms with Crippen molar-refractivity contribution in [3.05, 3.63) is 29.8 Å². The second-order valence-corrected chi connectivity index (χ2v) is 6.43. The van der Waals surface area contributed by atoms with Gasteiger partial charge in [0.05, 0.1) is 6.61 Å². The molecule has 2 atom stereocenters. The van der Waals surface area contributed by atoms with Crippen LogP contribution in [0.15, 0.2) is 24.3 Å². The van der Waals surface area contributed by atoms with Gasteiger partial charge in [0.15, 0.2) is 0 Å². The third-order valence-electron chi connectivity index (χ3n) is 4.34. The van der Waals surface area contributed by atoms with Crippen molar-refractivity contribution in [2.75, 3.05) is 13.2 Å². The zero-order valence-electron chi connectivity index (χ0n) is 14.4. The standard InChI is InChI=1S/C18H25F3N2O2/c1-2-11-25-15-7-3-13(4-8-15)5-10-17(24)23-12-14(22)6-9-16(23)18(19,20)21/h3-4,7-8,14,16H,2,5-6,9-12,22H2,1H3/t14-,16-/m0/s1. The number of piperidine rings is 1. The number of alkyl halides is 3. The number of rotatable bonds is 6. The first-order valence-corrected chi connectivity index (χ1v) is 8.64. The van der Waals surface area contributed by atoms with Gasteiger partial charge in [0.1, 0.15) is 11.8 Å². The number of benzene rings is 1. The number of ether oxygens (including phenoxy) is 1. The van der Waals surface area contributed by atoms with Crippen LogP contribution in [0.1, 0.15) is 38.2 Å². The molecule has 0 aliphatic carbocycles. The van der Waals surface area contributed by atoms with Gasteiger partial charge in [-0.25, -0.2) is 0 Å². The second-order valence-electron chi connectivity index (χ2n) is 6.43. The molecule has 7 heteroatoms. The van der Waals surface area contributed by atoms with Crippen molar-refractivity contribution in [2.24, 2.45) is 5.73 Å². The fraction of sp³-hybridized carbons (Fsp3) is 0.611. The summed E-state index contributed by atoms with van der Waals surface area (Å²) in [5.41, 5.74) is 6.65. The molecule has 1 aliphatic rings. The lowest BCUT2D eigenvalue weighted by atomic mass is 9.97. The van der Waals surface area contributed by atoms with E-state index in [2.05, 4.69) is 0 Å². The van der Waals surface area contributed by atoms with Crippen LogP contribution in [0.5, 0.6) is 5.75 Å². The lowest BCUT2D eigenvalue weighted by molar-refractivity contribution is -0.196. The van der Waals surface area contributed by atoms with Crippen LogP contribution in [0.4, 0.5) is 13.2 Å². The van der Waals surface area contributed by atoms with Crippen molar-refractivity contribution < 1.29 is 22.7 Å². The van der Waals surface area contributed by atoms with E-state index in [1.54, 1.807) is 0 Å². The third-order valence-corrected chi connectivity index (χ3v) is 4.34. The number of aryl methyl sites for hydroxylation is 1. The summed E-state index contributed by atoms with van der Waals surface area (Å²) in [5.74, 6) is 0.250. The minimum Gasteiger partial charge on any atom is -0.494 e. The van der Waals surface area contributed by atoms with Gasteiger partial charge in [0.25, 0.3) is 0 Å². The minimum absolute atomic E-state index is 0.0349. The first kappa shape index (κ1) is 19.6.